The first kappa shape index (κ1) is 19.0. The van der Waals surface area contributed by atoms with Crippen molar-refractivity contribution in [2.45, 2.75) is 39.3 Å². The van der Waals surface area contributed by atoms with E-state index in [1.165, 1.54) is 12.1 Å². The largest absolute Gasteiger partial charge is 0.461 e. The molecule has 0 amide bonds. The summed E-state index contributed by atoms with van der Waals surface area (Å²) in [6.45, 7) is 9.10. The predicted molar refractivity (Wildman–Crippen MR) is 84.7 cm³/mol. The molecule has 0 bridgehead atoms. The first-order chi connectivity index (χ1) is 11.1. The van der Waals surface area contributed by atoms with Crippen molar-refractivity contribution in [2.75, 3.05) is 26.2 Å². The zero-order valence-electron chi connectivity index (χ0n) is 14.2. The van der Waals surface area contributed by atoms with Crippen LogP contribution in [-0.4, -0.2) is 43.6 Å². The Morgan fingerprint density at radius 3 is 2.21 bits per heavy atom. The van der Waals surface area contributed by atoms with Crippen LogP contribution in [0.1, 0.15) is 32.4 Å². The van der Waals surface area contributed by atoms with E-state index in [0.29, 0.717) is 5.56 Å². The molecule has 0 saturated carbocycles. The molecular formula is C17H24F4N2O. The number of nitrogens with one attached hydrogen (secondary N) is 1. The maximum atomic E-state index is 13.4. The topological polar surface area (TPSA) is 24.5 Å². The molecule has 1 aliphatic rings. The minimum absolute atomic E-state index is 0.193. The summed E-state index contributed by atoms with van der Waals surface area (Å²) >= 11 is 0. The summed E-state index contributed by atoms with van der Waals surface area (Å²) in [5, 5.41) is 3.25. The average molecular weight is 348 g/mol. The van der Waals surface area contributed by atoms with Crippen LogP contribution < -0.4 is 10.1 Å². The molecule has 1 aromatic rings. The van der Waals surface area contributed by atoms with Gasteiger partial charge in [0.2, 0.25) is 0 Å². The summed E-state index contributed by atoms with van der Waals surface area (Å²) in [4.78, 5) is 2.18. The fraction of sp³-hybridized carbons (Fsp3) is 0.647. The number of para-hydroxylation sites is 1. The number of nitrogens with zero attached hydrogens (tertiary/aromatic N) is 1. The van der Waals surface area contributed by atoms with Crippen molar-refractivity contribution in [3.63, 3.8) is 0 Å². The molecule has 1 atom stereocenters. The Labute approximate surface area is 140 Å². The lowest BCUT2D eigenvalue weighted by Gasteiger charge is -2.43. The van der Waals surface area contributed by atoms with Crippen LogP contribution >= 0.6 is 0 Å². The first-order valence-electron chi connectivity index (χ1n) is 8.01. The maximum Gasteiger partial charge on any atom is 0.461 e. The van der Waals surface area contributed by atoms with E-state index in [4.69, 9.17) is 0 Å². The van der Waals surface area contributed by atoms with Crippen molar-refractivity contribution < 1.29 is 22.3 Å². The molecule has 1 N–H and O–H groups in total. The minimum Gasteiger partial charge on any atom is -0.428 e. The van der Waals surface area contributed by atoms with Gasteiger partial charge in [0.05, 0.1) is 0 Å². The Morgan fingerprint density at radius 2 is 1.67 bits per heavy atom. The second-order valence-electron chi connectivity index (χ2n) is 7.06. The lowest BCUT2D eigenvalue weighted by Crippen LogP contribution is -2.48. The van der Waals surface area contributed by atoms with Gasteiger partial charge in [0.1, 0.15) is 5.75 Å². The molecule has 24 heavy (non-hydrogen) atoms. The number of halogens is 4. The van der Waals surface area contributed by atoms with Crippen molar-refractivity contribution in [3.05, 3.63) is 29.8 Å². The van der Waals surface area contributed by atoms with Crippen LogP contribution in [0.3, 0.4) is 0 Å². The number of benzene rings is 1. The number of hydrogen-bond acceptors (Lipinski definition) is 3. The first-order valence-corrected chi connectivity index (χ1v) is 8.01. The molecule has 1 fully saturated rings. The summed E-state index contributed by atoms with van der Waals surface area (Å²) < 4.78 is 56.3. The molecular weight excluding hydrogens is 324 g/mol. The highest BCUT2D eigenvalue weighted by Crippen LogP contribution is 2.43. The van der Waals surface area contributed by atoms with E-state index in [0.717, 1.165) is 26.2 Å². The van der Waals surface area contributed by atoms with Crippen molar-refractivity contribution in [2.24, 2.45) is 5.41 Å². The number of piperazine rings is 1. The molecule has 136 valence electrons. The van der Waals surface area contributed by atoms with Gasteiger partial charge in [-0.3, -0.25) is 4.90 Å². The van der Waals surface area contributed by atoms with Crippen LogP contribution in [0.2, 0.25) is 0 Å². The smallest absolute Gasteiger partial charge is 0.428 e. The SMILES string of the molecule is CC(C)(C)[C@@H](c1ccccc1OC(F)(F)C(F)F)N1CCNCC1. The van der Waals surface area contributed by atoms with Crippen LogP contribution in [0.4, 0.5) is 17.6 Å². The third kappa shape index (κ3) is 4.39. The van der Waals surface area contributed by atoms with Gasteiger partial charge < -0.3 is 10.1 Å². The highest BCUT2D eigenvalue weighted by Gasteiger charge is 2.45. The van der Waals surface area contributed by atoms with E-state index >= 15 is 0 Å². The van der Waals surface area contributed by atoms with E-state index in [-0.39, 0.29) is 17.2 Å². The van der Waals surface area contributed by atoms with Crippen molar-refractivity contribution in [3.8, 4) is 5.75 Å². The molecule has 7 heteroatoms. The number of hydrogen-bond donors (Lipinski definition) is 1. The van der Waals surface area contributed by atoms with E-state index in [2.05, 4.69) is 15.0 Å². The molecule has 1 saturated heterocycles. The second kappa shape index (κ2) is 7.27. The van der Waals surface area contributed by atoms with Crippen LogP contribution in [0, 0.1) is 5.41 Å². The number of ether oxygens (including phenoxy) is 1. The third-order valence-corrected chi connectivity index (χ3v) is 4.05. The fourth-order valence-electron chi connectivity index (χ4n) is 3.14. The number of alkyl halides is 4. The molecule has 0 radical (unpaired) electrons. The Balaban J connectivity index is 2.40. The summed E-state index contributed by atoms with van der Waals surface area (Å²) in [5.74, 6) is -0.193. The van der Waals surface area contributed by atoms with Crippen molar-refractivity contribution in [1.29, 1.82) is 0 Å². The average Bonchev–Trinajstić information content (AvgIpc) is 2.48. The van der Waals surface area contributed by atoms with Gasteiger partial charge in [-0.25, -0.2) is 0 Å². The maximum absolute atomic E-state index is 13.4. The van der Waals surface area contributed by atoms with Crippen molar-refractivity contribution >= 4 is 0 Å². The van der Waals surface area contributed by atoms with Crippen LogP contribution in [0.15, 0.2) is 24.3 Å². The zero-order valence-corrected chi connectivity index (χ0v) is 14.2. The summed E-state index contributed by atoms with van der Waals surface area (Å²) in [6.07, 6.45) is -8.39. The van der Waals surface area contributed by atoms with Gasteiger partial charge in [-0.15, -0.1) is 0 Å². The monoisotopic (exact) mass is 348 g/mol. The van der Waals surface area contributed by atoms with Gasteiger partial charge in [-0.2, -0.15) is 17.6 Å². The molecule has 0 aliphatic carbocycles. The highest BCUT2D eigenvalue weighted by molar-refractivity contribution is 5.37. The van der Waals surface area contributed by atoms with Gasteiger partial charge in [0, 0.05) is 37.8 Å². The van der Waals surface area contributed by atoms with Gasteiger partial charge >= 0.3 is 12.5 Å². The van der Waals surface area contributed by atoms with E-state index in [9.17, 15) is 17.6 Å². The predicted octanol–water partition coefficient (Wildman–Crippen LogP) is 3.92. The molecule has 1 aromatic carbocycles. The van der Waals surface area contributed by atoms with E-state index in [1.807, 2.05) is 20.8 Å². The number of rotatable bonds is 5. The Morgan fingerprint density at radius 1 is 1.08 bits per heavy atom. The second-order valence-corrected chi connectivity index (χ2v) is 7.06. The Bertz CT molecular complexity index is 540. The normalized spacial score (nSPS) is 18.7. The summed E-state index contributed by atoms with van der Waals surface area (Å²) in [7, 11) is 0. The van der Waals surface area contributed by atoms with Gasteiger partial charge in [0.15, 0.2) is 0 Å². The van der Waals surface area contributed by atoms with Crippen LogP contribution in [-0.2, 0) is 0 Å². The van der Waals surface area contributed by atoms with E-state index in [1.54, 1.807) is 12.1 Å². The zero-order chi connectivity index (χ0) is 18.0. The molecule has 1 heterocycles. The minimum atomic E-state index is -4.51. The summed E-state index contributed by atoms with van der Waals surface area (Å²) in [6, 6.07) is 6.01. The molecule has 2 rings (SSSR count). The highest BCUT2D eigenvalue weighted by atomic mass is 19.3. The van der Waals surface area contributed by atoms with Crippen molar-refractivity contribution in [1.82, 2.24) is 10.2 Å². The van der Waals surface area contributed by atoms with E-state index < -0.39 is 12.5 Å². The molecule has 0 spiro atoms. The molecule has 0 unspecified atom stereocenters. The molecule has 0 aromatic heterocycles. The Hall–Kier alpha value is -1.34. The molecule has 1 aliphatic heterocycles. The third-order valence-electron chi connectivity index (χ3n) is 4.05. The van der Waals surface area contributed by atoms with Crippen LogP contribution in [0.5, 0.6) is 5.75 Å². The van der Waals surface area contributed by atoms with Crippen LogP contribution in [0.25, 0.3) is 0 Å². The Kier molecular flexibility index (Phi) is 5.75. The standard InChI is InChI=1S/C17H24F4N2O/c1-16(2,3)14(23-10-8-22-9-11-23)12-6-4-5-7-13(12)24-17(20,21)15(18)19/h4-7,14-15,22H,8-11H2,1-3H3/t14-/m1/s1. The lowest BCUT2D eigenvalue weighted by molar-refractivity contribution is -0.253. The molecule has 3 nitrogen and oxygen atoms in total. The van der Waals surface area contributed by atoms with Gasteiger partial charge in [-0.1, -0.05) is 39.0 Å². The lowest BCUT2D eigenvalue weighted by atomic mass is 9.80. The summed E-state index contributed by atoms with van der Waals surface area (Å²) in [5.41, 5.74) is 0.226. The van der Waals surface area contributed by atoms with Gasteiger partial charge in [-0.05, 0) is 11.5 Å². The van der Waals surface area contributed by atoms with Gasteiger partial charge in [0.25, 0.3) is 0 Å². The fourth-order valence-corrected chi connectivity index (χ4v) is 3.14. The quantitative estimate of drug-likeness (QED) is 0.817.